The highest BCUT2D eigenvalue weighted by atomic mass is 32.2. The van der Waals surface area contributed by atoms with Crippen molar-refractivity contribution in [2.24, 2.45) is 0 Å². The molecule has 1 aliphatic rings. The van der Waals surface area contributed by atoms with Gasteiger partial charge in [-0.05, 0) is 30.4 Å². The van der Waals surface area contributed by atoms with Crippen LogP contribution >= 0.6 is 23.1 Å². The van der Waals surface area contributed by atoms with Gasteiger partial charge in [-0.25, -0.2) is 9.78 Å². The highest BCUT2D eigenvalue weighted by Gasteiger charge is 2.23. The van der Waals surface area contributed by atoms with E-state index in [1.165, 1.54) is 11.9 Å². The predicted molar refractivity (Wildman–Crippen MR) is 115 cm³/mol. The van der Waals surface area contributed by atoms with Gasteiger partial charge in [0.2, 0.25) is 5.91 Å². The van der Waals surface area contributed by atoms with Gasteiger partial charge in [0.25, 0.3) is 5.56 Å². The van der Waals surface area contributed by atoms with Gasteiger partial charge in [0.15, 0.2) is 5.16 Å². The second-order valence-electron chi connectivity index (χ2n) is 6.72. The molecule has 4 rings (SSSR count). The molecule has 3 amide bonds. The van der Waals surface area contributed by atoms with Gasteiger partial charge in [0, 0.05) is 11.9 Å². The third kappa shape index (κ3) is 4.06. The molecule has 0 saturated carbocycles. The van der Waals surface area contributed by atoms with E-state index in [4.69, 9.17) is 4.98 Å². The maximum Gasteiger partial charge on any atom is 0.321 e. The molecule has 0 spiro atoms. The van der Waals surface area contributed by atoms with E-state index < -0.39 is 11.9 Å². The summed E-state index contributed by atoms with van der Waals surface area (Å²) < 4.78 is 1.64. The molecule has 0 bridgehead atoms. The Morgan fingerprint density at radius 1 is 1.24 bits per heavy atom. The Morgan fingerprint density at radius 3 is 2.79 bits per heavy atom. The fraction of sp³-hybridized carbons (Fsp3) is 0.300. The Hall–Kier alpha value is -2.65. The highest BCUT2D eigenvalue weighted by molar-refractivity contribution is 7.99. The number of urea groups is 1. The van der Waals surface area contributed by atoms with Crippen LogP contribution in [0.15, 0.2) is 40.3 Å². The van der Waals surface area contributed by atoms with Crippen LogP contribution in [0.2, 0.25) is 0 Å². The lowest BCUT2D eigenvalue weighted by molar-refractivity contribution is -0.117. The third-order valence-corrected chi connectivity index (χ3v) is 6.95. The number of hydrogen-bond donors (Lipinski definition) is 2. The summed E-state index contributed by atoms with van der Waals surface area (Å²) in [5.41, 5.74) is 2.06. The zero-order chi connectivity index (χ0) is 20.4. The molecule has 0 unspecified atom stereocenters. The predicted octanol–water partition coefficient (Wildman–Crippen LogP) is 2.54. The molecule has 2 aromatic heterocycles. The Morgan fingerprint density at radius 2 is 2.03 bits per heavy atom. The van der Waals surface area contributed by atoms with Crippen molar-refractivity contribution in [3.8, 4) is 0 Å². The minimum Gasteiger partial charge on any atom is -0.341 e. The molecule has 29 heavy (non-hydrogen) atoms. The molecule has 1 aliphatic carbocycles. The first kappa shape index (κ1) is 19.7. The average Bonchev–Trinajstić information content (AvgIpc) is 3.30. The first-order valence-electron chi connectivity index (χ1n) is 9.30. The molecule has 0 aliphatic heterocycles. The van der Waals surface area contributed by atoms with Crippen molar-refractivity contribution < 1.29 is 9.59 Å². The minimum atomic E-state index is -0.560. The van der Waals surface area contributed by atoms with Crippen LogP contribution in [0.5, 0.6) is 0 Å². The molecule has 2 N–H and O–H groups in total. The van der Waals surface area contributed by atoms with Crippen LogP contribution in [0.3, 0.4) is 0 Å². The topological polar surface area (TPSA) is 93.1 Å². The normalized spacial score (nSPS) is 12.7. The largest absolute Gasteiger partial charge is 0.341 e. The van der Waals surface area contributed by atoms with Crippen LogP contribution in [0.1, 0.15) is 22.4 Å². The molecule has 7 nitrogen and oxygen atoms in total. The van der Waals surface area contributed by atoms with Crippen molar-refractivity contribution in [3.63, 3.8) is 0 Å². The Balaban J connectivity index is 1.71. The number of carbonyl (C=O) groups is 2. The van der Waals surface area contributed by atoms with Crippen LogP contribution in [0.4, 0.5) is 4.79 Å². The molecule has 2 heterocycles. The van der Waals surface area contributed by atoms with Crippen LogP contribution in [-0.4, -0.2) is 34.3 Å². The molecular formula is C20H20N4O3S2. The molecular weight excluding hydrogens is 408 g/mol. The fourth-order valence-electron chi connectivity index (χ4n) is 3.43. The van der Waals surface area contributed by atoms with Crippen LogP contribution in [0.25, 0.3) is 10.2 Å². The number of imide groups is 1. The summed E-state index contributed by atoms with van der Waals surface area (Å²) in [6.07, 6.45) is 2.98. The SMILES string of the molecule is CNC(=O)NC(=O)CSc1nc2sc3c(c2c(=O)n1Cc1ccccc1)CCC3. The number of benzene rings is 1. The van der Waals surface area contributed by atoms with Gasteiger partial charge in [0.05, 0.1) is 17.7 Å². The number of fused-ring (bicyclic) bond motifs is 3. The quantitative estimate of drug-likeness (QED) is 0.481. The van der Waals surface area contributed by atoms with Crippen molar-refractivity contribution in [2.45, 2.75) is 31.0 Å². The number of carbonyl (C=O) groups excluding carboxylic acids is 2. The van der Waals surface area contributed by atoms with E-state index >= 15 is 0 Å². The van der Waals surface area contributed by atoms with Gasteiger partial charge in [0.1, 0.15) is 4.83 Å². The number of rotatable bonds is 5. The number of thioether (sulfide) groups is 1. The van der Waals surface area contributed by atoms with E-state index in [9.17, 15) is 14.4 Å². The molecule has 9 heteroatoms. The lowest BCUT2D eigenvalue weighted by atomic mass is 10.2. The zero-order valence-corrected chi connectivity index (χ0v) is 17.5. The zero-order valence-electron chi connectivity index (χ0n) is 15.9. The Labute approximate surface area is 175 Å². The maximum absolute atomic E-state index is 13.4. The summed E-state index contributed by atoms with van der Waals surface area (Å²) in [7, 11) is 1.44. The summed E-state index contributed by atoms with van der Waals surface area (Å²) in [5.74, 6) is -0.450. The highest BCUT2D eigenvalue weighted by Crippen LogP contribution is 2.35. The maximum atomic E-state index is 13.4. The molecule has 150 valence electrons. The van der Waals surface area contributed by atoms with Crippen molar-refractivity contribution in [3.05, 3.63) is 56.7 Å². The van der Waals surface area contributed by atoms with Gasteiger partial charge in [-0.2, -0.15) is 0 Å². The standard InChI is InChI=1S/C20H20N4O3S2/c1-21-19(27)22-15(25)11-28-20-23-17-16(13-8-5-9-14(13)29-17)18(26)24(20)10-12-6-3-2-4-7-12/h2-4,6-7H,5,8-11H2,1H3,(H2,21,22,25,27). The summed E-state index contributed by atoms with van der Waals surface area (Å²) >= 11 is 2.74. The molecule has 0 saturated heterocycles. The number of nitrogens with zero attached hydrogens (tertiary/aromatic N) is 2. The number of aromatic nitrogens is 2. The van der Waals surface area contributed by atoms with Crippen molar-refractivity contribution >= 4 is 45.3 Å². The summed E-state index contributed by atoms with van der Waals surface area (Å²) in [6.45, 7) is 0.382. The second-order valence-corrected chi connectivity index (χ2v) is 8.75. The van der Waals surface area contributed by atoms with Gasteiger partial charge in [-0.3, -0.25) is 19.5 Å². The molecule has 0 fully saturated rings. The van der Waals surface area contributed by atoms with Crippen LogP contribution in [0, 0.1) is 0 Å². The molecule has 3 aromatic rings. The van der Waals surface area contributed by atoms with Crippen LogP contribution < -0.4 is 16.2 Å². The molecule has 0 radical (unpaired) electrons. The van der Waals surface area contributed by atoms with E-state index in [1.807, 2.05) is 30.3 Å². The Kier molecular flexibility index (Phi) is 5.68. The van der Waals surface area contributed by atoms with E-state index in [0.717, 1.165) is 52.4 Å². The second kappa shape index (κ2) is 8.38. The van der Waals surface area contributed by atoms with Gasteiger partial charge in [-0.1, -0.05) is 42.1 Å². The minimum absolute atomic E-state index is 0.00868. The number of aryl methyl sites for hydroxylation is 2. The van der Waals surface area contributed by atoms with Gasteiger partial charge >= 0.3 is 6.03 Å². The van der Waals surface area contributed by atoms with Gasteiger partial charge < -0.3 is 5.32 Å². The Bertz CT molecular complexity index is 1140. The van der Waals surface area contributed by atoms with Crippen molar-refractivity contribution in [1.29, 1.82) is 0 Å². The van der Waals surface area contributed by atoms with Crippen molar-refractivity contribution in [2.75, 3.05) is 12.8 Å². The number of amides is 3. The number of hydrogen-bond acceptors (Lipinski definition) is 6. The third-order valence-electron chi connectivity index (χ3n) is 4.79. The fourth-order valence-corrected chi connectivity index (χ4v) is 5.53. The summed E-state index contributed by atoms with van der Waals surface area (Å²) in [6, 6.07) is 9.15. The monoisotopic (exact) mass is 428 g/mol. The van der Waals surface area contributed by atoms with Crippen molar-refractivity contribution in [1.82, 2.24) is 20.2 Å². The number of thiophene rings is 1. The van der Waals surface area contributed by atoms with E-state index in [2.05, 4.69) is 10.6 Å². The first-order chi connectivity index (χ1) is 14.1. The first-order valence-corrected chi connectivity index (χ1v) is 11.1. The lowest BCUT2D eigenvalue weighted by Crippen LogP contribution is -2.38. The van der Waals surface area contributed by atoms with Crippen LogP contribution in [-0.2, 0) is 24.2 Å². The average molecular weight is 429 g/mol. The molecule has 1 aromatic carbocycles. The van der Waals surface area contributed by atoms with E-state index in [1.54, 1.807) is 15.9 Å². The summed E-state index contributed by atoms with van der Waals surface area (Å²) in [5, 5.41) is 5.78. The molecule has 0 atom stereocenters. The van der Waals surface area contributed by atoms with Gasteiger partial charge in [-0.15, -0.1) is 11.3 Å². The smallest absolute Gasteiger partial charge is 0.321 e. The van der Waals surface area contributed by atoms with E-state index in [-0.39, 0.29) is 11.3 Å². The van der Waals surface area contributed by atoms with E-state index in [0.29, 0.717) is 11.7 Å². The summed E-state index contributed by atoms with van der Waals surface area (Å²) in [4.78, 5) is 43.4. The lowest BCUT2D eigenvalue weighted by Gasteiger charge is -2.12. The number of nitrogens with one attached hydrogen (secondary N) is 2.